The molecule has 0 radical (unpaired) electrons. The summed E-state index contributed by atoms with van der Waals surface area (Å²) in [5, 5.41) is 11.8. The topological polar surface area (TPSA) is 74.1 Å². The number of nitriles is 1. The van der Waals surface area contributed by atoms with Gasteiger partial charge in [0.2, 0.25) is 0 Å². The van der Waals surface area contributed by atoms with E-state index in [1.807, 2.05) is 7.05 Å². The van der Waals surface area contributed by atoms with Crippen LogP contribution >= 0.6 is 0 Å². The van der Waals surface area contributed by atoms with Gasteiger partial charge in [0.15, 0.2) is 0 Å². The third-order valence-electron chi connectivity index (χ3n) is 2.87. The Hall–Kier alpha value is -1.87. The Balaban J connectivity index is 3.02. The Bertz CT molecular complexity index is 430. The zero-order chi connectivity index (χ0) is 14.1. The van der Waals surface area contributed by atoms with Crippen LogP contribution < -0.4 is 10.2 Å². The first-order valence-electron chi connectivity index (χ1n) is 6.40. The van der Waals surface area contributed by atoms with Gasteiger partial charge in [-0.25, -0.2) is 9.97 Å². The van der Waals surface area contributed by atoms with Gasteiger partial charge in [-0.1, -0.05) is 6.92 Å². The first kappa shape index (κ1) is 15.2. The van der Waals surface area contributed by atoms with Crippen molar-refractivity contribution in [3.63, 3.8) is 0 Å². The summed E-state index contributed by atoms with van der Waals surface area (Å²) in [5.41, 5.74) is 1.07. The van der Waals surface area contributed by atoms with E-state index in [1.54, 1.807) is 13.4 Å². The van der Waals surface area contributed by atoms with E-state index in [9.17, 15) is 0 Å². The molecule has 1 rings (SSSR count). The van der Waals surface area contributed by atoms with Gasteiger partial charge in [-0.3, -0.25) is 0 Å². The predicted octanol–water partition coefficient (Wildman–Crippen LogP) is 1.45. The van der Waals surface area contributed by atoms with Crippen LogP contribution in [0.4, 0.5) is 11.6 Å². The van der Waals surface area contributed by atoms with E-state index in [1.165, 1.54) is 0 Å². The van der Waals surface area contributed by atoms with Crippen molar-refractivity contribution >= 4 is 11.6 Å². The van der Waals surface area contributed by atoms with E-state index in [-0.39, 0.29) is 0 Å². The zero-order valence-corrected chi connectivity index (χ0v) is 11.8. The normalized spacial score (nSPS) is 10.0. The van der Waals surface area contributed by atoms with Crippen LogP contribution in [0.3, 0.4) is 0 Å². The van der Waals surface area contributed by atoms with Crippen molar-refractivity contribution < 1.29 is 4.74 Å². The fraction of sp³-hybridized carbons (Fsp3) is 0.615. The summed E-state index contributed by atoms with van der Waals surface area (Å²) >= 11 is 0. The molecule has 6 nitrogen and oxygen atoms in total. The van der Waals surface area contributed by atoms with Gasteiger partial charge in [-0.2, -0.15) is 5.26 Å². The Morgan fingerprint density at radius 1 is 1.42 bits per heavy atom. The number of anilines is 2. The number of nitrogens with zero attached hydrogens (tertiary/aromatic N) is 4. The molecule has 0 saturated heterocycles. The van der Waals surface area contributed by atoms with Gasteiger partial charge in [-0.15, -0.1) is 0 Å². The highest BCUT2D eigenvalue weighted by molar-refractivity contribution is 5.58. The zero-order valence-electron chi connectivity index (χ0n) is 11.8. The van der Waals surface area contributed by atoms with Crippen molar-refractivity contribution in [3.8, 4) is 6.07 Å². The van der Waals surface area contributed by atoms with E-state index in [2.05, 4.69) is 33.2 Å². The van der Waals surface area contributed by atoms with Crippen molar-refractivity contribution in [3.05, 3.63) is 11.9 Å². The second-order valence-corrected chi connectivity index (χ2v) is 4.02. The summed E-state index contributed by atoms with van der Waals surface area (Å²) in [5.74, 6) is 1.72. The minimum atomic E-state index is 0.464. The van der Waals surface area contributed by atoms with Gasteiger partial charge in [0.05, 0.1) is 19.1 Å². The number of nitrogens with one attached hydrogen (secondary N) is 1. The molecule has 0 aromatic carbocycles. The smallest absolute Gasteiger partial charge is 0.137 e. The summed E-state index contributed by atoms with van der Waals surface area (Å²) < 4.78 is 5.12. The molecule has 0 saturated carbocycles. The van der Waals surface area contributed by atoms with Crippen LogP contribution in [-0.4, -0.2) is 43.8 Å². The Kier molecular flexibility index (Phi) is 6.61. The van der Waals surface area contributed by atoms with Crippen LogP contribution in [0.2, 0.25) is 0 Å². The molecule has 0 aliphatic rings. The van der Waals surface area contributed by atoms with Crippen molar-refractivity contribution in [2.75, 3.05) is 44.1 Å². The molecule has 0 fully saturated rings. The molecule has 1 N–H and O–H groups in total. The summed E-state index contributed by atoms with van der Waals surface area (Å²) in [7, 11) is 3.52. The minimum Gasteiger partial charge on any atom is -0.383 e. The highest BCUT2D eigenvalue weighted by Crippen LogP contribution is 2.23. The Morgan fingerprint density at radius 2 is 2.21 bits per heavy atom. The number of hydrogen-bond acceptors (Lipinski definition) is 6. The predicted molar refractivity (Wildman–Crippen MR) is 75.3 cm³/mol. The summed E-state index contributed by atoms with van der Waals surface area (Å²) in [6.07, 6.45) is 2.85. The Labute approximate surface area is 114 Å². The molecular formula is C13H21N5O. The third kappa shape index (κ3) is 4.07. The van der Waals surface area contributed by atoms with Crippen molar-refractivity contribution in [2.45, 2.75) is 19.8 Å². The van der Waals surface area contributed by atoms with E-state index in [4.69, 9.17) is 10.00 Å². The molecular weight excluding hydrogens is 242 g/mol. The van der Waals surface area contributed by atoms with Crippen molar-refractivity contribution in [2.24, 2.45) is 0 Å². The molecule has 0 bridgehead atoms. The van der Waals surface area contributed by atoms with Crippen LogP contribution in [0.5, 0.6) is 0 Å². The van der Waals surface area contributed by atoms with Gasteiger partial charge >= 0.3 is 0 Å². The van der Waals surface area contributed by atoms with Crippen LogP contribution in [0.1, 0.15) is 18.9 Å². The molecule has 0 amide bonds. The lowest BCUT2D eigenvalue weighted by Crippen LogP contribution is -2.30. The van der Waals surface area contributed by atoms with Gasteiger partial charge < -0.3 is 15.0 Å². The van der Waals surface area contributed by atoms with E-state index in [0.717, 1.165) is 23.6 Å². The fourth-order valence-electron chi connectivity index (χ4n) is 1.93. The largest absolute Gasteiger partial charge is 0.383 e. The van der Waals surface area contributed by atoms with Crippen LogP contribution in [-0.2, 0) is 11.2 Å². The molecule has 1 heterocycles. The number of aromatic nitrogens is 2. The van der Waals surface area contributed by atoms with E-state index >= 15 is 0 Å². The van der Waals surface area contributed by atoms with E-state index < -0.39 is 0 Å². The number of methoxy groups -OCH3 is 1. The molecule has 0 aliphatic carbocycles. The molecule has 19 heavy (non-hydrogen) atoms. The standard InChI is InChI=1S/C13H21N5O/c1-4-11-12(15-2)16-10-17-13(11)18(7-5-6-14)8-9-19-3/h10H,4-5,7-9H2,1-3H3,(H,15,16,17). The van der Waals surface area contributed by atoms with Gasteiger partial charge in [-0.05, 0) is 6.42 Å². The lowest BCUT2D eigenvalue weighted by atomic mass is 10.2. The van der Waals surface area contributed by atoms with Crippen molar-refractivity contribution in [1.82, 2.24) is 9.97 Å². The molecule has 0 unspecified atom stereocenters. The maximum Gasteiger partial charge on any atom is 0.137 e. The monoisotopic (exact) mass is 263 g/mol. The molecule has 1 aromatic rings. The lowest BCUT2D eigenvalue weighted by Gasteiger charge is -2.25. The highest BCUT2D eigenvalue weighted by Gasteiger charge is 2.15. The summed E-state index contributed by atoms with van der Waals surface area (Å²) in [6.45, 7) is 4.04. The van der Waals surface area contributed by atoms with Crippen LogP contribution in [0.25, 0.3) is 0 Å². The number of ether oxygens (including phenoxy) is 1. The first-order chi connectivity index (χ1) is 9.28. The maximum atomic E-state index is 8.76. The average molecular weight is 263 g/mol. The van der Waals surface area contributed by atoms with Crippen molar-refractivity contribution in [1.29, 1.82) is 5.26 Å². The average Bonchev–Trinajstić information content (AvgIpc) is 2.46. The lowest BCUT2D eigenvalue weighted by molar-refractivity contribution is 0.205. The number of hydrogen-bond donors (Lipinski definition) is 1. The summed E-state index contributed by atoms with van der Waals surface area (Å²) in [6, 6.07) is 2.17. The maximum absolute atomic E-state index is 8.76. The van der Waals surface area contributed by atoms with Crippen LogP contribution in [0.15, 0.2) is 6.33 Å². The fourth-order valence-corrected chi connectivity index (χ4v) is 1.93. The van der Waals surface area contributed by atoms with Gasteiger partial charge in [0.1, 0.15) is 18.0 Å². The highest BCUT2D eigenvalue weighted by atomic mass is 16.5. The Morgan fingerprint density at radius 3 is 2.79 bits per heavy atom. The first-order valence-corrected chi connectivity index (χ1v) is 6.40. The second kappa shape index (κ2) is 8.27. The molecule has 0 spiro atoms. The minimum absolute atomic E-state index is 0.464. The SMILES string of the molecule is CCc1c(NC)ncnc1N(CCC#N)CCOC. The molecule has 104 valence electrons. The number of rotatable bonds is 8. The third-order valence-corrected chi connectivity index (χ3v) is 2.87. The summed E-state index contributed by atoms with van der Waals surface area (Å²) in [4.78, 5) is 10.7. The van der Waals surface area contributed by atoms with Gasteiger partial charge in [0.25, 0.3) is 0 Å². The van der Waals surface area contributed by atoms with Crippen LogP contribution in [0, 0.1) is 11.3 Å². The van der Waals surface area contributed by atoms with E-state index in [0.29, 0.717) is 26.1 Å². The second-order valence-electron chi connectivity index (χ2n) is 4.02. The quantitative estimate of drug-likeness (QED) is 0.765. The molecule has 0 aliphatic heterocycles. The molecule has 1 aromatic heterocycles. The molecule has 6 heteroatoms. The van der Waals surface area contributed by atoms with Gasteiger partial charge in [0, 0.05) is 32.8 Å². The molecule has 0 atom stereocenters.